The third-order valence-corrected chi connectivity index (χ3v) is 4.04. The highest BCUT2D eigenvalue weighted by Gasteiger charge is 2.16. The Morgan fingerprint density at radius 1 is 1.19 bits per heavy atom. The van der Waals surface area contributed by atoms with Crippen molar-refractivity contribution in [1.82, 2.24) is 14.9 Å². The third kappa shape index (κ3) is 3.39. The Bertz CT molecular complexity index is 947. The van der Waals surface area contributed by atoms with Gasteiger partial charge in [0, 0.05) is 12.1 Å². The Balaban J connectivity index is 2.09. The quantitative estimate of drug-likeness (QED) is 0.665. The maximum absolute atomic E-state index is 12.3. The number of nitrogens with zero attached hydrogens (tertiary/aromatic N) is 2. The van der Waals surface area contributed by atoms with Crippen molar-refractivity contribution in [3.63, 3.8) is 0 Å². The highest BCUT2D eigenvalue weighted by molar-refractivity contribution is 5.84. The molecule has 0 spiro atoms. The fourth-order valence-electron chi connectivity index (χ4n) is 2.82. The van der Waals surface area contributed by atoms with Gasteiger partial charge in [-0.15, -0.1) is 6.58 Å². The van der Waals surface area contributed by atoms with Crippen molar-refractivity contribution in [2.45, 2.75) is 6.54 Å². The van der Waals surface area contributed by atoms with Gasteiger partial charge in [-0.25, -0.2) is 4.98 Å². The van der Waals surface area contributed by atoms with Crippen LogP contribution in [0, 0.1) is 0 Å². The van der Waals surface area contributed by atoms with Crippen molar-refractivity contribution in [3.8, 4) is 22.9 Å². The maximum atomic E-state index is 12.3. The summed E-state index contributed by atoms with van der Waals surface area (Å²) >= 11 is 0. The van der Waals surface area contributed by atoms with Crippen molar-refractivity contribution in [1.29, 1.82) is 0 Å². The monoisotopic (exact) mass is 351 g/mol. The highest BCUT2D eigenvalue weighted by atomic mass is 16.5. The van der Waals surface area contributed by atoms with Gasteiger partial charge in [0.25, 0.3) is 0 Å². The zero-order valence-electron chi connectivity index (χ0n) is 14.9. The van der Waals surface area contributed by atoms with Crippen LogP contribution in [-0.2, 0) is 11.3 Å². The van der Waals surface area contributed by atoms with E-state index in [4.69, 9.17) is 14.5 Å². The van der Waals surface area contributed by atoms with E-state index in [1.165, 1.54) is 0 Å². The number of imidazole rings is 1. The summed E-state index contributed by atoms with van der Waals surface area (Å²) in [5, 5.41) is 2.80. The van der Waals surface area contributed by atoms with E-state index in [1.807, 2.05) is 47.0 Å². The first kappa shape index (κ1) is 17.5. The van der Waals surface area contributed by atoms with Gasteiger partial charge in [-0.1, -0.05) is 18.2 Å². The summed E-state index contributed by atoms with van der Waals surface area (Å²) in [7, 11) is 3.18. The molecule has 6 nitrogen and oxygen atoms in total. The number of carbonyl (C=O) groups is 1. The van der Waals surface area contributed by atoms with Crippen LogP contribution in [-0.4, -0.2) is 36.2 Å². The minimum absolute atomic E-state index is 0.102. The first-order chi connectivity index (χ1) is 12.7. The standard InChI is InChI=1S/C20H21N3O3/c1-4-11-21-19(24)13-23-16-8-6-5-7-15(16)22-20(23)14-9-10-17(25-2)18(12-14)26-3/h4-10,12H,1,11,13H2,2-3H3,(H,21,24). The second-order valence-electron chi connectivity index (χ2n) is 5.67. The smallest absolute Gasteiger partial charge is 0.240 e. The van der Waals surface area contributed by atoms with E-state index in [9.17, 15) is 4.79 Å². The number of hydrogen-bond donors (Lipinski definition) is 1. The molecule has 134 valence electrons. The summed E-state index contributed by atoms with van der Waals surface area (Å²) in [6, 6.07) is 13.3. The summed E-state index contributed by atoms with van der Waals surface area (Å²) in [4.78, 5) is 17.0. The minimum Gasteiger partial charge on any atom is -0.493 e. The number of fused-ring (bicyclic) bond motifs is 1. The maximum Gasteiger partial charge on any atom is 0.240 e. The van der Waals surface area contributed by atoms with Crippen molar-refractivity contribution in [3.05, 3.63) is 55.1 Å². The lowest BCUT2D eigenvalue weighted by molar-refractivity contribution is -0.121. The van der Waals surface area contributed by atoms with Crippen molar-refractivity contribution in [2.24, 2.45) is 0 Å². The molecule has 6 heteroatoms. The first-order valence-corrected chi connectivity index (χ1v) is 8.23. The van der Waals surface area contributed by atoms with E-state index >= 15 is 0 Å². The van der Waals surface area contributed by atoms with Crippen LogP contribution in [0.15, 0.2) is 55.1 Å². The average molecular weight is 351 g/mol. The van der Waals surface area contributed by atoms with E-state index in [-0.39, 0.29) is 12.5 Å². The molecule has 1 aromatic heterocycles. The molecule has 1 N–H and O–H groups in total. The summed E-state index contributed by atoms with van der Waals surface area (Å²) in [6.45, 7) is 4.21. The molecule has 0 aliphatic rings. The van der Waals surface area contributed by atoms with Crippen LogP contribution < -0.4 is 14.8 Å². The van der Waals surface area contributed by atoms with Crippen LogP contribution in [0.25, 0.3) is 22.4 Å². The molecule has 0 saturated heterocycles. The second kappa shape index (κ2) is 7.74. The lowest BCUT2D eigenvalue weighted by atomic mass is 10.2. The summed E-state index contributed by atoms with van der Waals surface area (Å²) in [5.74, 6) is 1.85. The Kier molecular flexibility index (Phi) is 5.22. The minimum atomic E-state index is -0.102. The number of carbonyl (C=O) groups excluding carboxylic acids is 1. The van der Waals surface area contributed by atoms with Gasteiger partial charge < -0.3 is 19.4 Å². The molecule has 3 rings (SSSR count). The molecule has 1 heterocycles. The van der Waals surface area contributed by atoms with Crippen LogP contribution >= 0.6 is 0 Å². The molecule has 0 aliphatic heterocycles. The van der Waals surface area contributed by atoms with Crippen LogP contribution in [0.5, 0.6) is 11.5 Å². The summed E-state index contributed by atoms with van der Waals surface area (Å²) in [5.41, 5.74) is 2.57. The van der Waals surface area contributed by atoms with Gasteiger partial charge in [0.15, 0.2) is 11.5 Å². The van der Waals surface area contributed by atoms with Crippen LogP contribution in [0.3, 0.4) is 0 Å². The third-order valence-electron chi connectivity index (χ3n) is 4.04. The molecule has 0 unspecified atom stereocenters. The fourth-order valence-corrected chi connectivity index (χ4v) is 2.82. The molecule has 0 fully saturated rings. The molecule has 3 aromatic rings. The molecule has 0 aliphatic carbocycles. The lowest BCUT2D eigenvalue weighted by Gasteiger charge is -2.12. The van der Waals surface area contributed by atoms with E-state index in [2.05, 4.69) is 11.9 Å². The van der Waals surface area contributed by atoms with Crippen molar-refractivity contribution < 1.29 is 14.3 Å². The number of methoxy groups -OCH3 is 2. The molecular weight excluding hydrogens is 330 g/mol. The van der Waals surface area contributed by atoms with Gasteiger partial charge in [-0.2, -0.15) is 0 Å². The molecule has 2 aromatic carbocycles. The van der Waals surface area contributed by atoms with Crippen molar-refractivity contribution in [2.75, 3.05) is 20.8 Å². The number of nitrogens with one attached hydrogen (secondary N) is 1. The molecule has 0 radical (unpaired) electrons. The van der Waals surface area contributed by atoms with Crippen LogP contribution in [0.4, 0.5) is 0 Å². The molecule has 0 saturated carbocycles. The van der Waals surface area contributed by atoms with Gasteiger partial charge in [-0.05, 0) is 30.3 Å². The Morgan fingerprint density at radius 3 is 2.69 bits per heavy atom. The van der Waals surface area contributed by atoms with E-state index in [0.717, 1.165) is 16.6 Å². The Hall–Kier alpha value is -3.28. The molecule has 0 atom stereocenters. The van der Waals surface area contributed by atoms with E-state index in [0.29, 0.717) is 23.9 Å². The largest absolute Gasteiger partial charge is 0.493 e. The number of para-hydroxylation sites is 2. The predicted octanol–water partition coefficient (Wildman–Crippen LogP) is 3.02. The number of rotatable bonds is 7. The van der Waals surface area contributed by atoms with E-state index in [1.54, 1.807) is 20.3 Å². The predicted molar refractivity (Wildman–Crippen MR) is 101 cm³/mol. The molecule has 0 bridgehead atoms. The summed E-state index contributed by atoms with van der Waals surface area (Å²) in [6.07, 6.45) is 1.65. The van der Waals surface area contributed by atoms with Crippen molar-refractivity contribution >= 4 is 16.9 Å². The number of amides is 1. The highest BCUT2D eigenvalue weighted by Crippen LogP contribution is 2.33. The zero-order valence-corrected chi connectivity index (χ0v) is 14.9. The average Bonchev–Trinajstić information content (AvgIpc) is 3.04. The number of hydrogen-bond acceptors (Lipinski definition) is 4. The number of aromatic nitrogens is 2. The summed E-state index contributed by atoms with van der Waals surface area (Å²) < 4.78 is 12.6. The lowest BCUT2D eigenvalue weighted by Crippen LogP contribution is -2.27. The molecule has 26 heavy (non-hydrogen) atoms. The second-order valence-corrected chi connectivity index (χ2v) is 5.67. The number of benzene rings is 2. The normalized spacial score (nSPS) is 10.5. The van der Waals surface area contributed by atoms with Gasteiger partial charge >= 0.3 is 0 Å². The van der Waals surface area contributed by atoms with Gasteiger partial charge in [0.2, 0.25) is 5.91 Å². The van der Waals surface area contributed by atoms with Gasteiger partial charge in [0.1, 0.15) is 12.4 Å². The molecular formula is C20H21N3O3. The van der Waals surface area contributed by atoms with Crippen LogP contribution in [0.1, 0.15) is 0 Å². The Labute approximate surface area is 152 Å². The topological polar surface area (TPSA) is 65.4 Å². The molecule has 1 amide bonds. The van der Waals surface area contributed by atoms with Gasteiger partial charge in [-0.3, -0.25) is 4.79 Å². The zero-order chi connectivity index (χ0) is 18.5. The first-order valence-electron chi connectivity index (χ1n) is 8.23. The number of ether oxygens (including phenoxy) is 2. The SMILES string of the molecule is C=CCNC(=O)Cn1c(-c2ccc(OC)c(OC)c2)nc2ccccc21. The van der Waals surface area contributed by atoms with E-state index < -0.39 is 0 Å². The van der Waals surface area contributed by atoms with Crippen LogP contribution in [0.2, 0.25) is 0 Å². The fraction of sp³-hybridized carbons (Fsp3) is 0.200. The Morgan fingerprint density at radius 2 is 1.96 bits per heavy atom. The van der Waals surface area contributed by atoms with Gasteiger partial charge in [0.05, 0.1) is 25.3 Å².